The Morgan fingerprint density at radius 3 is 2.23 bits per heavy atom. The first-order valence-corrected chi connectivity index (χ1v) is 9.31. The number of aromatic nitrogens is 1. The summed E-state index contributed by atoms with van der Waals surface area (Å²) in [5, 5.41) is 0. The Labute approximate surface area is 157 Å². The molecular formula is C24H28N2. The Kier molecular flexibility index (Phi) is 6.45. The molecule has 0 aliphatic heterocycles. The molecule has 0 amide bonds. The highest BCUT2D eigenvalue weighted by molar-refractivity contribution is 5.25. The molecule has 0 aliphatic carbocycles. The average Bonchev–Trinajstić information content (AvgIpc) is 3.01. The fraction of sp³-hybridized carbons (Fsp3) is 0.250. The van der Waals surface area contributed by atoms with Gasteiger partial charge < -0.3 is 4.57 Å². The quantitative estimate of drug-likeness (QED) is 0.492. The molecule has 0 saturated carbocycles. The highest BCUT2D eigenvalue weighted by atomic mass is 15.1. The van der Waals surface area contributed by atoms with Crippen LogP contribution in [0.15, 0.2) is 85.7 Å². The molecule has 0 bridgehead atoms. The molecule has 0 aliphatic rings. The predicted molar refractivity (Wildman–Crippen MR) is 110 cm³/mol. The second-order valence-corrected chi connectivity index (χ2v) is 6.88. The third kappa shape index (κ3) is 5.21. The van der Waals surface area contributed by atoms with E-state index < -0.39 is 0 Å². The van der Waals surface area contributed by atoms with Gasteiger partial charge in [-0.25, -0.2) is 0 Å². The van der Waals surface area contributed by atoms with Crippen LogP contribution in [0.3, 0.4) is 0 Å². The minimum absolute atomic E-state index is 0.915. The lowest BCUT2D eigenvalue weighted by molar-refractivity contribution is 0.298. The Morgan fingerprint density at radius 1 is 0.923 bits per heavy atom. The summed E-state index contributed by atoms with van der Waals surface area (Å²) < 4.78 is 2.30. The van der Waals surface area contributed by atoms with Crippen LogP contribution in [-0.2, 0) is 19.5 Å². The van der Waals surface area contributed by atoms with E-state index in [0.29, 0.717) is 0 Å². The second kappa shape index (κ2) is 9.21. The van der Waals surface area contributed by atoms with Crippen molar-refractivity contribution in [1.82, 2.24) is 9.47 Å². The van der Waals surface area contributed by atoms with Crippen LogP contribution >= 0.6 is 0 Å². The van der Waals surface area contributed by atoms with E-state index in [1.807, 2.05) is 6.08 Å². The zero-order valence-electron chi connectivity index (χ0n) is 15.6. The van der Waals surface area contributed by atoms with Gasteiger partial charge in [-0.1, -0.05) is 66.7 Å². The van der Waals surface area contributed by atoms with E-state index >= 15 is 0 Å². The molecule has 0 N–H and O–H groups in total. The van der Waals surface area contributed by atoms with Crippen molar-refractivity contribution in [2.75, 3.05) is 13.1 Å². The molecule has 134 valence electrons. The van der Waals surface area contributed by atoms with Crippen LogP contribution in [-0.4, -0.2) is 22.6 Å². The molecule has 0 spiro atoms. The first kappa shape index (κ1) is 18.2. The molecule has 0 fully saturated rings. The zero-order valence-corrected chi connectivity index (χ0v) is 15.6. The highest BCUT2D eigenvalue weighted by Crippen LogP contribution is 2.14. The highest BCUT2D eigenvalue weighted by Gasteiger charge is 2.08. The summed E-state index contributed by atoms with van der Waals surface area (Å²) in [6, 6.07) is 21.3. The molecule has 3 aromatic rings. The van der Waals surface area contributed by atoms with Crippen molar-refractivity contribution >= 4 is 0 Å². The van der Waals surface area contributed by atoms with E-state index in [4.69, 9.17) is 0 Å². The van der Waals surface area contributed by atoms with Gasteiger partial charge in [0.25, 0.3) is 0 Å². The monoisotopic (exact) mass is 344 g/mol. The summed E-state index contributed by atoms with van der Waals surface area (Å²) in [6.45, 7) is 9.99. The Morgan fingerprint density at radius 2 is 1.58 bits per heavy atom. The summed E-state index contributed by atoms with van der Waals surface area (Å²) in [6.07, 6.45) is 7.62. The first-order valence-electron chi connectivity index (χ1n) is 9.31. The van der Waals surface area contributed by atoms with Crippen molar-refractivity contribution in [3.8, 4) is 0 Å². The summed E-state index contributed by atoms with van der Waals surface area (Å²) in [5.41, 5.74) is 5.50. The lowest BCUT2D eigenvalue weighted by Gasteiger charge is -2.20. The molecule has 2 heteroatoms. The number of hydrogen-bond donors (Lipinski definition) is 0. The minimum Gasteiger partial charge on any atom is -0.349 e. The van der Waals surface area contributed by atoms with Crippen molar-refractivity contribution < 1.29 is 0 Å². The molecule has 1 heterocycles. The maximum absolute atomic E-state index is 3.92. The standard InChI is InChI=1S/C24H28N2/c1-3-15-25(18-22-10-6-4-7-11-22)16-14-24-20-26(17-21(24)2)19-23-12-8-5-9-13-23/h3-13,17,20H,1,14-16,18-19H2,2H3. The number of benzene rings is 2. The molecule has 0 radical (unpaired) electrons. The molecule has 1 aromatic heterocycles. The predicted octanol–water partition coefficient (Wildman–Crippen LogP) is 5.08. The Bertz CT molecular complexity index is 803. The van der Waals surface area contributed by atoms with Crippen molar-refractivity contribution in [2.24, 2.45) is 0 Å². The van der Waals surface area contributed by atoms with Crippen molar-refractivity contribution in [2.45, 2.75) is 26.4 Å². The third-order valence-electron chi connectivity index (χ3n) is 4.73. The van der Waals surface area contributed by atoms with Crippen LogP contribution in [0.1, 0.15) is 22.3 Å². The van der Waals surface area contributed by atoms with Crippen LogP contribution < -0.4 is 0 Å². The molecule has 2 aromatic carbocycles. The van der Waals surface area contributed by atoms with Gasteiger partial charge in [-0.15, -0.1) is 6.58 Å². The summed E-state index contributed by atoms with van der Waals surface area (Å²) in [4.78, 5) is 2.45. The lowest BCUT2D eigenvalue weighted by Crippen LogP contribution is -2.25. The van der Waals surface area contributed by atoms with Crippen LogP contribution in [0.25, 0.3) is 0 Å². The maximum atomic E-state index is 3.92. The fourth-order valence-electron chi connectivity index (χ4n) is 3.36. The first-order chi connectivity index (χ1) is 12.7. The topological polar surface area (TPSA) is 8.17 Å². The van der Waals surface area contributed by atoms with Crippen molar-refractivity contribution in [3.05, 3.63) is 108 Å². The second-order valence-electron chi connectivity index (χ2n) is 6.88. The van der Waals surface area contributed by atoms with E-state index in [9.17, 15) is 0 Å². The number of aryl methyl sites for hydroxylation is 1. The third-order valence-corrected chi connectivity index (χ3v) is 4.73. The zero-order chi connectivity index (χ0) is 18.2. The normalized spacial score (nSPS) is 11.0. The van der Waals surface area contributed by atoms with Crippen LogP contribution in [0, 0.1) is 6.92 Å². The van der Waals surface area contributed by atoms with Crippen molar-refractivity contribution in [3.63, 3.8) is 0 Å². The molecular weight excluding hydrogens is 316 g/mol. The van der Waals surface area contributed by atoms with Gasteiger partial charge >= 0.3 is 0 Å². The van der Waals surface area contributed by atoms with Gasteiger partial charge in [0.05, 0.1) is 0 Å². The SMILES string of the molecule is C=CCN(CCc1cn(Cc2ccccc2)cc1C)Cc1ccccc1. The Balaban J connectivity index is 1.61. The maximum Gasteiger partial charge on any atom is 0.0470 e. The molecule has 2 nitrogen and oxygen atoms in total. The summed E-state index contributed by atoms with van der Waals surface area (Å²) in [7, 11) is 0. The van der Waals surface area contributed by atoms with Gasteiger partial charge in [0.1, 0.15) is 0 Å². The summed E-state index contributed by atoms with van der Waals surface area (Å²) in [5.74, 6) is 0. The van der Waals surface area contributed by atoms with E-state index in [0.717, 1.165) is 32.6 Å². The molecule has 3 rings (SSSR count). The van der Waals surface area contributed by atoms with Crippen LogP contribution in [0.5, 0.6) is 0 Å². The largest absolute Gasteiger partial charge is 0.349 e. The van der Waals surface area contributed by atoms with E-state index in [1.54, 1.807) is 0 Å². The van der Waals surface area contributed by atoms with Gasteiger partial charge in [-0.3, -0.25) is 4.90 Å². The average molecular weight is 345 g/mol. The van der Waals surface area contributed by atoms with Gasteiger partial charge in [0.2, 0.25) is 0 Å². The van der Waals surface area contributed by atoms with Gasteiger partial charge in [0.15, 0.2) is 0 Å². The molecule has 0 unspecified atom stereocenters. The van der Waals surface area contributed by atoms with E-state index in [2.05, 4.69) is 96.0 Å². The van der Waals surface area contributed by atoms with Crippen LogP contribution in [0.2, 0.25) is 0 Å². The molecule has 0 atom stereocenters. The smallest absolute Gasteiger partial charge is 0.0470 e. The molecule has 0 saturated heterocycles. The fourth-order valence-corrected chi connectivity index (χ4v) is 3.36. The van der Waals surface area contributed by atoms with Crippen LogP contribution in [0.4, 0.5) is 0 Å². The van der Waals surface area contributed by atoms with E-state index in [1.165, 1.54) is 22.3 Å². The Hall–Kier alpha value is -2.58. The number of nitrogens with zero attached hydrogens (tertiary/aromatic N) is 2. The van der Waals surface area contributed by atoms with Gasteiger partial charge in [0, 0.05) is 38.6 Å². The van der Waals surface area contributed by atoms with Crippen molar-refractivity contribution in [1.29, 1.82) is 0 Å². The van der Waals surface area contributed by atoms with Gasteiger partial charge in [-0.2, -0.15) is 0 Å². The molecule has 26 heavy (non-hydrogen) atoms. The number of hydrogen-bond acceptors (Lipinski definition) is 1. The summed E-state index contributed by atoms with van der Waals surface area (Å²) >= 11 is 0. The number of rotatable bonds is 9. The minimum atomic E-state index is 0.915. The lowest BCUT2D eigenvalue weighted by atomic mass is 10.1. The van der Waals surface area contributed by atoms with Gasteiger partial charge in [-0.05, 0) is 35.6 Å². The van der Waals surface area contributed by atoms with E-state index in [-0.39, 0.29) is 0 Å².